The first-order chi connectivity index (χ1) is 15.0. The second kappa shape index (κ2) is 9.44. The summed E-state index contributed by atoms with van der Waals surface area (Å²) < 4.78 is 33.9. The smallest absolute Gasteiger partial charge is 0.265 e. The lowest BCUT2D eigenvalue weighted by Crippen LogP contribution is -2.30. The zero-order valence-electron chi connectivity index (χ0n) is 18.9. The van der Waals surface area contributed by atoms with Gasteiger partial charge >= 0.3 is 0 Å². The molecule has 7 heteroatoms. The van der Waals surface area contributed by atoms with Crippen molar-refractivity contribution in [3.8, 4) is 5.75 Å². The monoisotopic (exact) mass is 452 g/mol. The first-order valence-electron chi connectivity index (χ1n) is 10.3. The van der Waals surface area contributed by atoms with Crippen molar-refractivity contribution in [1.29, 1.82) is 0 Å². The molecule has 2 N–H and O–H groups in total. The maximum Gasteiger partial charge on any atom is 0.265 e. The summed E-state index contributed by atoms with van der Waals surface area (Å²) in [7, 11) is -3.75. The van der Waals surface area contributed by atoms with E-state index in [2.05, 4.69) is 10.0 Å². The molecular formula is C25H28N2O4S. The van der Waals surface area contributed by atoms with E-state index >= 15 is 0 Å². The van der Waals surface area contributed by atoms with E-state index in [0.717, 1.165) is 22.3 Å². The van der Waals surface area contributed by atoms with Crippen LogP contribution in [-0.4, -0.2) is 20.4 Å². The van der Waals surface area contributed by atoms with E-state index in [-0.39, 0.29) is 10.8 Å². The molecule has 0 aliphatic heterocycles. The Balaban J connectivity index is 1.66. The van der Waals surface area contributed by atoms with Crippen LogP contribution in [0, 0.1) is 27.7 Å². The van der Waals surface area contributed by atoms with Crippen molar-refractivity contribution in [2.24, 2.45) is 0 Å². The van der Waals surface area contributed by atoms with Gasteiger partial charge in [0.2, 0.25) is 0 Å². The molecule has 0 saturated carbocycles. The van der Waals surface area contributed by atoms with Crippen molar-refractivity contribution in [3.63, 3.8) is 0 Å². The predicted octanol–water partition coefficient (Wildman–Crippen LogP) is 5.13. The standard InChI is InChI=1S/C25H28N2O4S/c1-16-6-7-19(4)24(15-16)27-32(29,30)23-10-8-21(9-11-23)26-25(28)20(5)31-22-13-17(2)12-18(3)14-22/h6-15,20,27H,1-5H3,(H,26,28)/t20-/m0/s1. The number of carbonyl (C=O) groups excluding carboxylic acids is 1. The number of anilines is 2. The molecule has 0 unspecified atom stereocenters. The summed E-state index contributed by atoms with van der Waals surface area (Å²) in [5, 5.41) is 2.76. The van der Waals surface area contributed by atoms with E-state index in [1.807, 2.05) is 58.0 Å². The molecule has 0 aliphatic rings. The number of hydrogen-bond acceptors (Lipinski definition) is 4. The van der Waals surface area contributed by atoms with Crippen LogP contribution in [0.25, 0.3) is 0 Å². The van der Waals surface area contributed by atoms with E-state index < -0.39 is 16.1 Å². The number of ether oxygens (including phenoxy) is 1. The van der Waals surface area contributed by atoms with Gasteiger partial charge in [0.05, 0.1) is 10.6 Å². The lowest BCUT2D eigenvalue weighted by molar-refractivity contribution is -0.122. The number of benzene rings is 3. The largest absolute Gasteiger partial charge is 0.481 e. The zero-order valence-corrected chi connectivity index (χ0v) is 19.7. The van der Waals surface area contributed by atoms with Gasteiger partial charge in [-0.25, -0.2) is 8.42 Å². The Hall–Kier alpha value is -3.32. The number of aryl methyl sites for hydroxylation is 4. The van der Waals surface area contributed by atoms with Gasteiger partial charge in [-0.05, 0) is 99.3 Å². The molecule has 3 aromatic rings. The van der Waals surface area contributed by atoms with Crippen molar-refractivity contribution in [1.82, 2.24) is 0 Å². The third kappa shape index (κ3) is 5.88. The molecule has 0 aromatic heterocycles. The van der Waals surface area contributed by atoms with Gasteiger partial charge in [0, 0.05) is 5.69 Å². The highest BCUT2D eigenvalue weighted by Crippen LogP contribution is 2.22. The van der Waals surface area contributed by atoms with Crippen LogP contribution in [0.1, 0.15) is 29.2 Å². The van der Waals surface area contributed by atoms with Gasteiger partial charge in [0.15, 0.2) is 6.10 Å². The minimum absolute atomic E-state index is 0.107. The predicted molar refractivity (Wildman–Crippen MR) is 128 cm³/mol. The van der Waals surface area contributed by atoms with Crippen LogP contribution in [-0.2, 0) is 14.8 Å². The Morgan fingerprint density at radius 1 is 0.844 bits per heavy atom. The highest BCUT2D eigenvalue weighted by atomic mass is 32.2. The second-order valence-corrected chi connectivity index (χ2v) is 9.70. The molecule has 1 amide bonds. The summed E-state index contributed by atoms with van der Waals surface area (Å²) in [6.45, 7) is 9.35. The highest BCUT2D eigenvalue weighted by molar-refractivity contribution is 7.92. The molecule has 0 aliphatic carbocycles. The Morgan fingerprint density at radius 3 is 2.09 bits per heavy atom. The molecule has 168 valence electrons. The molecule has 0 radical (unpaired) electrons. The Morgan fingerprint density at radius 2 is 1.47 bits per heavy atom. The molecule has 3 aromatic carbocycles. The maximum atomic E-state index is 12.7. The van der Waals surface area contributed by atoms with Gasteiger partial charge in [-0.15, -0.1) is 0 Å². The SMILES string of the molecule is Cc1cc(C)cc(O[C@@H](C)C(=O)Nc2ccc(S(=O)(=O)Nc3cc(C)ccc3C)cc2)c1. The molecule has 32 heavy (non-hydrogen) atoms. The molecular weight excluding hydrogens is 424 g/mol. The van der Waals surface area contributed by atoms with Gasteiger partial charge in [0.1, 0.15) is 5.75 Å². The van der Waals surface area contributed by atoms with Crippen LogP contribution in [0.2, 0.25) is 0 Å². The molecule has 1 atom stereocenters. The summed E-state index contributed by atoms with van der Waals surface area (Å²) in [4.78, 5) is 12.6. The quantitative estimate of drug-likeness (QED) is 0.521. The van der Waals surface area contributed by atoms with Gasteiger partial charge in [-0.1, -0.05) is 18.2 Å². The first kappa shape index (κ1) is 23.3. The average Bonchev–Trinajstić information content (AvgIpc) is 2.70. The van der Waals surface area contributed by atoms with Crippen molar-refractivity contribution >= 4 is 27.3 Å². The number of carbonyl (C=O) groups is 1. The number of rotatable bonds is 7. The summed E-state index contributed by atoms with van der Waals surface area (Å²) in [5.41, 5.74) is 4.93. The fourth-order valence-electron chi connectivity index (χ4n) is 3.27. The minimum atomic E-state index is -3.75. The number of amides is 1. The normalized spacial score (nSPS) is 12.2. The Bertz CT molecular complexity index is 1220. The number of sulfonamides is 1. The molecule has 0 bridgehead atoms. The van der Waals surface area contributed by atoms with Gasteiger partial charge in [-0.3, -0.25) is 9.52 Å². The highest BCUT2D eigenvalue weighted by Gasteiger charge is 2.18. The van der Waals surface area contributed by atoms with Crippen LogP contribution >= 0.6 is 0 Å². The van der Waals surface area contributed by atoms with Crippen LogP contribution in [0.15, 0.2) is 65.6 Å². The molecule has 3 rings (SSSR count). The topological polar surface area (TPSA) is 84.5 Å². The number of hydrogen-bond donors (Lipinski definition) is 2. The zero-order chi connectivity index (χ0) is 23.5. The van der Waals surface area contributed by atoms with Gasteiger partial charge in [-0.2, -0.15) is 0 Å². The van der Waals surface area contributed by atoms with Gasteiger partial charge < -0.3 is 10.1 Å². The van der Waals surface area contributed by atoms with E-state index in [1.165, 1.54) is 12.1 Å². The second-order valence-electron chi connectivity index (χ2n) is 8.02. The summed E-state index contributed by atoms with van der Waals surface area (Å²) >= 11 is 0. The lowest BCUT2D eigenvalue weighted by atomic mass is 10.1. The molecule has 0 saturated heterocycles. The van der Waals surface area contributed by atoms with E-state index in [4.69, 9.17) is 4.74 Å². The van der Waals surface area contributed by atoms with Crippen LogP contribution in [0.5, 0.6) is 5.75 Å². The van der Waals surface area contributed by atoms with E-state index in [9.17, 15) is 13.2 Å². The van der Waals surface area contributed by atoms with Crippen LogP contribution < -0.4 is 14.8 Å². The van der Waals surface area contributed by atoms with Gasteiger partial charge in [0.25, 0.3) is 15.9 Å². The number of nitrogens with one attached hydrogen (secondary N) is 2. The molecule has 0 spiro atoms. The summed E-state index contributed by atoms with van der Waals surface area (Å²) in [6.07, 6.45) is -0.717. The summed E-state index contributed by atoms with van der Waals surface area (Å²) in [6, 6.07) is 17.4. The fourth-order valence-corrected chi connectivity index (χ4v) is 4.39. The van der Waals surface area contributed by atoms with Crippen molar-refractivity contribution in [3.05, 3.63) is 82.9 Å². The van der Waals surface area contributed by atoms with Crippen molar-refractivity contribution in [2.75, 3.05) is 10.0 Å². The third-order valence-electron chi connectivity index (χ3n) is 4.95. The molecule has 0 heterocycles. The summed E-state index contributed by atoms with van der Waals surface area (Å²) in [5.74, 6) is 0.303. The maximum absolute atomic E-state index is 12.7. The van der Waals surface area contributed by atoms with E-state index in [1.54, 1.807) is 25.1 Å². The fraction of sp³-hybridized carbons (Fsp3) is 0.240. The minimum Gasteiger partial charge on any atom is -0.481 e. The first-order valence-corrected chi connectivity index (χ1v) is 11.8. The average molecular weight is 453 g/mol. The van der Waals surface area contributed by atoms with Crippen molar-refractivity contribution < 1.29 is 17.9 Å². The third-order valence-corrected chi connectivity index (χ3v) is 6.33. The Labute approximate surface area is 189 Å². The van der Waals surface area contributed by atoms with Crippen LogP contribution in [0.3, 0.4) is 0 Å². The van der Waals surface area contributed by atoms with E-state index in [0.29, 0.717) is 17.1 Å². The molecule has 0 fully saturated rings. The molecule has 6 nitrogen and oxygen atoms in total. The van der Waals surface area contributed by atoms with Crippen molar-refractivity contribution in [2.45, 2.75) is 45.6 Å². The van der Waals surface area contributed by atoms with Crippen LogP contribution in [0.4, 0.5) is 11.4 Å². The Kier molecular flexibility index (Phi) is 6.89. The lowest BCUT2D eigenvalue weighted by Gasteiger charge is -2.16.